The van der Waals surface area contributed by atoms with E-state index in [0.29, 0.717) is 17.0 Å². The predicted molar refractivity (Wildman–Crippen MR) is 120 cm³/mol. The summed E-state index contributed by atoms with van der Waals surface area (Å²) < 4.78 is 0. The molecule has 146 valence electrons. The first kappa shape index (κ1) is 19.0. The molecule has 0 atom stereocenters. The molecule has 0 unspecified atom stereocenters. The van der Waals surface area contributed by atoms with E-state index < -0.39 is 0 Å². The van der Waals surface area contributed by atoms with E-state index in [2.05, 4.69) is 48.4 Å². The Morgan fingerprint density at radius 3 is 2.48 bits per heavy atom. The van der Waals surface area contributed by atoms with Crippen molar-refractivity contribution in [2.24, 2.45) is 5.92 Å². The van der Waals surface area contributed by atoms with Crippen molar-refractivity contribution in [2.45, 2.75) is 26.8 Å². The SMILES string of the molecule is CC(C)Cc1ccc(CNc2cccc(C(=O)c3c[nH]c4ccccc34)c2)cc1. The molecule has 0 fully saturated rings. The maximum atomic E-state index is 13.0. The smallest absolute Gasteiger partial charge is 0.195 e. The monoisotopic (exact) mass is 382 g/mol. The first-order valence-corrected chi connectivity index (χ1v) is 10.1. The fourth-order valence-corrected chi connectivity index (χ4v) is 3.65. The van der Waals surface area contributed by atoms with Gasteiger partial charge >= 0.3 is 0 Å². The van der Waals surface area contributed by atoms with Gasteiger partial charge < -0.3 is 10.3 Å². The Bertz CT molecular complexity index is 1120. The van der Waals surface area contributed by atoms with E-state index in [1.165, 1.54) is 11.1 Å². The highest BCUT2D eigenvalue weighted by Crippen LogP contribution is 2.22. The molecule has 0 aliphatic heterocycles. The van der Waals surface area contributed by atoms with Crippen molar-refractivity contribution in [3.63, 3.8) is 0 Å². The number of benzene rings is 3. The van der Waals surface area contributed by atoms with E-state index in [4.69, 9.17) is 0 Å². The van der Waals surface area contributed by atoms with Gasteiger partial charge in [-0.15, -0.1) is 0 Å². The first-order valence-electron chi connectivity index (χ1n) is 10.1. The lowest BCUT2D eigenvalue weighted by Crippen LogP contribution is -2.04. The minimum atomic E-state index is 0.0316. The third kappa shape index (κ3) is 4.40. The van der Waals surface area contributed by atoms with E-state index in [-0.39, 0.29) is 5.78 Å². The zero-order chi connectivity index (χ0) is 20.2. The average Bonchev–Trinajstić information content (AvgIpc) is 3.17. The number of fused-ring (bicyclic) bond motifs is 1. The molecule has 3 aromatic carbocycles. The van der Waals surface area contributed by atoms with Crippen molar-refractivity contribution in [3.8, 4) is 0 Å². The normalized spacial score (nSPS) is 11.1. The van der Waals surface area contributed by atoms with Crippen LogP contribution in [-0.2, 0) is 13.0 Å². The molecular weight excluding hydrogens is 356 g/mol. The molecule has 3 heteroatoms. The largest absolute Gasteiger partial charge is 0.381 e. The second-order valence-corrected chi connectivity index (χ2v) is 7.93. The molecule has 1 aromatic heterocycles. The van der Waals surface area contributed by atoms with Gasteiger partial charge in [-0.25, -0.2) is 0 Å². The molecule has 4 rings (SSSR count). The van der Waals surface area contributed by atoms with Crippen molar-refractivity contribution in [2.75, 3.05) is 5.32 Å². The summed E-state index contributed by atoms with van der Waals surface area (Å²) in [5, 5.41) is 4.39. The highest BCUT2D eigenvalue weighted by Gasteiger charge is 2.14. The number of hydrogen-bond donors (Lipinski definition) is 2. The van der Waals surface area contributed by atoms with Gasteiger partial charge in [0, 0.05) is 40.5 Å². The molecule has 0 spiro atoms. The van der Waals surface area contributed by atoms with Crippen LogP contribution in [0.15, 0.2) is 79.0 Å². The summed E-state index contributed by atoms with van der Waals surface area (Å²) in [6.07, 6.45) is 2.90. The van der Waals surface area contributed by atoms with Crippen LogP contribution in [0.25, 0.3) is 10.9 Å². The Hall–Kier alpha value is -3.33. The zero-order valence-corrected chi connectivity index (χ0v) is 16.9. The van der Waals surface area contributed by atoms with Crippen LogP contribution in [-0.4, -0.2) is 10.8 Å². The number of carbonyl (C=O) groups excluding carboxylic acids is 1. The minimum absolute atomic E-state index is 0.0316. The number of carbonyl (C=O) groups is 1. The highest BCUT2D eigenvalue weighted by molar-refractivity contribution is 6.16. The molecular formula is C26H26N2O. The van der Waals surface area contributed by atoms with Gasteiger partial charge in [0.1, 0.15) is 0 Å². The minimum Gasteiger partial charge on any atom is -0.381 e. The number of rotatable bonds is 7. The van der Waals surface area contributed by atoms with Crippen LogP contribution in [0.5, 0.6) is 0 Å². The molecule has 0 radical (unpaired) electrons. The number of anilines is 1. The third-order valence-corrected chi connectivity index (χ3v) is 5.12. The Morgan fingerprint density at radius 2 is 1.69 bits per heavy atom. The average molecular weight is 383 g/mol. The van der Waals surface area contributed by atoms with Gasteiger partial charge in [-0.2, -0.15) is 0 Å². The van der Waals surface area contributed by atoms with Crippen LogP contribution >= 0.6 is 0 Å². The van der Waals surface area contributed by atoms with E-state index in [1.54, 1.807) is 6.20 Å². The first-order chi connectivity index (χ1) is 14.1. The van der Waals surface area contributed by atoms with Crippen molar-refractivity contribution < 1.29 is 4.79 Å². The lowest BCUT2D eigenvalue weighted by molar-refractivity contribution is 0.104. The molecule has 0 saturated carbocycles. The summed E-state index contributed by atoms with van der Waals surface area (Å²) in [6, 6.07) is 24.4. The molecule has 2 N–H and O–H groups in total. The van der Waals surface area contributed by atoms with Crippen molar-refractivity contribution in [1.29, 1.82) is 0 Å². The van der Waals surface area contributed by atoms with Crippen molar-refractivity contribution in [3.05, 3.63) is 101 Å². The number of H-pyrrole nitrogens is 1. The number of nitrogens with one attached hydrogen (secondary N) is 2. The second-order valence-electron chi connectivity index (χ2n) is 7.93. The van der Waals surface area contributed by atoms with Crippen LogP contribution in [0.4, 0.5) is 5.69 Å². The van der Waals surface area contributed by atoms with E-state index >= 15 is 0 Å². The van der Waals surface area contributed by atoms with E-state index in [0.717, 1.165) is 29.6 Å². The van der Waals surface area contributed by atoms with Gasteiger partial charge in [0.15, 0.2) is 5.78 Å². The quantitative estimate of drug-likeness (QED) is 0.373. The second kappa shape index (κ2) is 8.36. The fraction of sp³-hybridized carbons (Fsp3) is 0.192. The van der Waals surface area contributed by atoms with Gasteiger partial charge in [-0.05, 0) is 41.7 Å². The summed E-state index contributed by atoms with van der Waals surface area (Å²) in [5.41, 5.74) is 5.92. The van der Waals surface area contributed by atoms with Crippen molar-refractivity contribution in [1.82, 2.24) is 4.98 Å². The number of ketones is 1. The van der Waals surface area contributed by atoms with Gasteiger partial charge in [-0.3, -0.25) is 4.79 Å². The zero-order valence-electron chi connectivity index (χ0n) is 16.9. The summed E-state index contributed by atoms with van der Waals surface area (Å²) >= 11 is 0. The van der Waals surface area contributed by atoms with E-state index in [9.17, 15) is 4.79 Å². The van der Waals surface area contributed by atoms with Gasteiger partial charge in [0.25, 0.3) is 0 Å². The Balaban J connectivity index is 1.47. The van der Waals surface area contributed by atoms with Crippen LogP contribution < -0.4 is 5.32 Å². The molecule has 1 heterocycles. The Morgan fingerprint density at radius 1 is 0.931 bits per heavy atom. The summed E-state index contributed by atoms with van der Waals surface area (Å²) in [5.74, 6) is 0.695. The molecule has 0 bridgehead atoms. The van der Waals surface area contributed by atoms with Crippen molar-refractivity contribution >= 4 is 22.4 Å². The number of hydrogen-bond acceptors (Lipinski definition) is 2. The Labute approximate surface area is 171 Å². The van der Waals surface area contributed by atoms with Gasteiger partial charge in [0.05, 0.1) is 0 Å². The van der Waals surface area contributed by atoms with Crippen LogP contribution in [0.3, 0.4) is 0 Å². The van der Waals surface area contributed by atoms with E-state index in [1.807, 2.05) is 48.5 Å². The lowest BCUT2D eigenvalue weighted by Gasteiger charge is -2.10. The van der Waals surface area contributed by atoms with Crippen LogP contribution in [0, 0.1) is 5.92 Å². The number of para-hydroxylation sites is 1. The third-order valence-electron chi connectivity index (χ3n) is 5.12. The summed E-state index contributed by atoms with van der Waals surface area (Å²) in [7, 11) is 0. The number of aromatic nitrogens is 1. The maximum absolute atomic E-state index is 13.0. The summed E-state index contributed by atoms with van der Waals surface area (Å²) in [6.45, 7) is 5.20. The Kier molecular flexibility index (Phi) is 5.48. The van der Waals surface area contributed by atoms with Gasteiger partial charge in [-0.1, -0.05) is 68.4 Å². The molecule has 0 saturated heterocycles. The number of aromatic amines is 1. The molecule has 29 heavy (non-hydrogen) atoms. The molecule has 4 aromatic rings. The highest BCUT2D eigenvalue weighted by atomic mass is 16.1. The maximum Gasteiger partial charge on any atom is 0.195 e. The molecule has 3 nitrogen and oxygen atoms in total. The predicted octanol–water partition coefficient (Wildman–Crippen LogP) is 6.21. The molecule has 0 aliphatic rings. The fourth-order valence-electron chi connectivity index (χ4n) is 3.65. The topological polar surface area (TPSA) is 44.9 Å². The van der Waals surface area contributed by atoms with Crippen LogP contribution in [0.2, 0.25) is 0 Å². The summed E-state index contributed by atoms with van der Waals surface area (Å²) in [4.78, 5) is 16.2. The van der Waals surface area contributed by atoms with Crippen LogP contribution in [0.1, 0.15) is 40.9 Å². The molecule has 0 aliphatic carbocycles. The standard InChI is InChI=1S/C26H26N2O/c1-18(2)14-19-10-12-20(13-11-19)16-27-22-7-5-6-21(15-22)26(29)24-17-28-25-9-4-3-8-23(24)25/h3-13,15,17-18,27-28H,14,16H2,1-2H3. The molecule has 0 amide bonds. The van der Waals surface area contributed by atoms with Gasteiger partial charge in [0.2, 0.25) is 0 Å². The lowest BCUT2D eigenvalue weighted by atomic mass is 10.0.